The van der Waals surface area contributed by atoms with Gasteiger partial charge in [0.2, 0.25) is 0 Å². The van der Waals surface area contributed by atoms with Crippen LogP contribution in [0.5, 0.6) is 0 Å². The Labute approximate surface area is 129 Å². The predicted molar refractivity (Wildman–Crippen MR) is 80.8 cm³/mol. The first-order chi connectivity index (χ1) is 10.6. The number of carbonyl (C=O) groups is 2. The van der Waals surface area contributed by atoms with Crippen molar-refractivity contribution >= 4 is 11.9 Å². The Morgan fingerprint density at radius 2 is 2.05 bits per heavy atom. The lowest BCUT2D eigenvalue weighted by atomic mass is 10.2. The number of hydrogen-bond donors (Lipinski definition) is 3. The zero-order chi connectivity index (χ0) is 15.9. The third-order valence-electron chi connectivity index (χ3n) is 3.71. The van der Waals surface area contributed by atoms with E-state index >= 15 is 0 Å². The van der Waals surface area contributed by atoms with Gasteiger partial charge in [-0.3, -0.25) is 10.1 Å². The molecule has 1 atom stereocenters. The van der Waals surface area contributed by atoms with Crippen LogP contribution in [0.3, 0.4) is 0 Å². The highest BCUT2D eigenvalue weighted by atomic mass is 19.1. The quantitative estimate of drug-likeness (QED) is 0.691. The molecule has 1 aromatic rings. The van der Waals surface area contributed by atoms with E-state index in [1.165, 1.54) is 6.07 Å². The van der Waals surface area contributed by atoms with Crippen LogP contribution in [0.15, 0.2) is 24.3 Å². The molecule has 3 N–H and O–H groups in total. The van der Waals surface area contributed by atoms with Crippen molar-refractivity contribution in [1.29, 1.82) is 0 Å². The highest BCUT2D eigenvalue weighted by molar-refractivity contribution is 5.94. The number of halogens is 1. The number of quaternary nitrogens is 1. The van der Waals surface area contributed by atoms with Crippen LogP contribution in [-0.2, 0) is 11.3 Å². The van der Waals surface area contributed by atoms with E-state index in [1.54, 1.807) is 18.2 Å². The van der Waals surface area contributed by atoms with E-state index in [1.807, 2.05) is 6.92 Å². The average molecular weight is 308 g/mol. The van der Waals surface area contributed by atoms with Gasteiger partial charge in [0.1, 0.15) is 12.4 Å². The van der Waals surface area contributed by atoms with Crippen molar-refractivity contribution in [3.05, 3.63) is 35.6 Å². The molecule has 1 saturated carbocycles. The first-order valence-electron chi connectivity index (χ1n) is 7.75. The Hall–Kier alpha value is -1.95. The fraction of sp³-hybridized carbons (Fsp3) is 0.500. The zero-order valence-electron chi connectivity index (χ0n) is 12.8. The smallest absolute Gasteiger partial charge is 0.321 e. The summed E-state index contributed by atoms with van der Waals surface area (Å²) in [5.41, 5.74) is 0.604. The Kier molecular flexibility index (Phi) is 5.89. The van der Waals surface area contributed by atoms with Gasteiger partial charge in [0.15, 0.2) is 6.54 Å². The second-order valence-corrected chi connectivity index (χ2v) is 5.68. The second kappa shape index (κ2) is 7.89. The monoisotopic (exact) mass is 308 g/mol. The van der Waals surface area contributed by atoms with Crippen molar-refractivity contribution in [3.8, 4) is 0 Å². The largest absolute Gasteiger partial charge is 0.338 e. The van der Waals surface area contributed by atoms with Crippen molar-refractivity contribution in [2.24, 2.45) is 0 Å². The molecule has 22 heavy (non-hydrogen) atoms. The van der Waals surface area contributed by atoms with Gasteiger partial charge in [-0.05, 0) is 12.5 Å². The molecule has 2 rings (SSSR count). The normalized spacial score (nSPS) is 15.2. The molecule has 0 radical (unpaired) electrons. The van der Waals surface area contributed by atoms with Gasteiger partial charge in [-0.25, -0.2) is 9.18 Å². The maximum absolute atomic E-state index is 13.7. The van der Waals surface area contributed by atoms with Gasteiger partial charge in [-0.15, -0.1) is 0 Å². The first kappa shape index (κ1) is 16.4. The van der Waals surface area contributed by atoms with Crippen LogP contribution in [0.4, 0.5) is 9.18 Å². The lowest BCUT2D eigenvalue weighted by molar-refractivity contribution is -0.917. The van der Waals surface area contributed by atoms with E-state index in [0.29, 0.717) is 24.7 Å². The second-order valence-electron chi connectivity index (χ2n) is 5.68. The van der Waals surface area contributed by atoms with Gasteiger partial charge in [0.25, 0.3) is 5.91 Å². The number of amides is 3. The Morgan fingerprint density at radius 3 is 2.68 bits per heavy atom. The highest BCUT2D eigenvalue weighted by Crippen LogP contribution is 2.16. The number of rotatable bonds is 7. The summed E-state index contributed by atoms with van der Waals surface area (Å²) in [4.78, 5) is 24.4. The molecule has 1 aliphatic rings. The van der Waals surface area contributed by atoms with Crippen LogP contribution in [0.25, 0.3) is 0 Å². The minimum Gasteiger partial charge on any atom is -0.338 e. The third-order valence-corrected chi connectivity index (χ3v) is 3.71. The summed E-state index contributed by atoms with van der Waals surface area (Å²) in [6.45, 7) is 3.11. The topological polar surface area (TPSA) is 62.6 Å². The van der Waals surface area contributed by atoms with E-state index < -0.39 is 6.03 Å². The number of urea groups is 1. The van der Waals surface area contributed by atoms with Crippen molar-refractivity contribution in [2.45, 2.75) is 38.8 Å². The minimum atomic E-state index is -0.465. The number of carbonyl (C=O) groups excluding carboxylic acids is 2. The van der Waals surface area contributed by atoms with Gasteiger partial charge in [-0.1, -0.05) is 25.1 Å². The fourth-order valence-electron chi connectivity index (χ4n) is 2.39. The maximum Gasteiger partial charge on any atom is 0.321 e. The molecule has 1 aromatic carbocycles. The first-order valence-corrected chi connectivity index (χ1v) is 7.75. The number of nitrogens with one attached hydrogen (secondary N) is 3. The molecule has 1 fully saturated rings. The molecule has 0 saturated heterocycles. The average Bonchev–Trinajstić information content (AvgIpc) is 3.31. The molecule has 5 nitrogen and oxygen atoms in total. The predicted octanol–water partition coefficient (Wildman–Crippen LogP) is 0.609. The highest BCUT2D eigenvalue weighted by Gasteiger charge is 2.35. The Morgan fingerprint density at radius 1 is 1.32 bits per heavy atom. The van der Waals surface area contributed by atoms with Crippen molar-refractivity contribution in [3.63, 3.8) is 0 Å². The van der Waals surface area contributed by atoms with Crippen molar-refractivity contribution < 1.29 is 18.9 Å². The van der Waals surface area contributed by atoms with E-state index in [2.05, 4.69) is 10.6 Å². The lowest BCUT2D eigenvalue weighted by Gasteiger charge is -2.19. The van der Waals surface area contributed by atoms with Gasteiger partial charge < -0.3 is 10.2 Å². The molecule has 0 heterocycles. The molecule has 0 aromatic heterocycles. The Balaban J connectivity index is 1.88. The third kappa shape index (κ3) is 5.11. The van der Waals surface area contributed by atoms with Gasteiger partial charge in [0, 0.05) is 24.9 Å². The molecule has 120 valence electrons. The Bertz CT molecular complexity index is 532. The van der Waals surface area contributed by atoms with Crippen LogP contribution < -0.4 is 15.5 Å². The molecule has 0 spiro atoms. The standard InChI is InChI=1S/C16H22FN3O2/c1-2-9-18-16(22)19-15(21)11-20(13-7-8-13)10-12-5-3-4-6-14(12)17/h3-6,13H,2,7-11H2,1H3,(H2,18,19,21,22)/p+1. The summed E-state index contributed by atoms with van der Waals surface area (Å²) in [7, 11) is 0. The summed E-state index contributed by atoms with van der Waals surface area (Å²) < 4.78 is 13.7. The summed E-state index contributed by atoms with van der Waals surface area (Å²) in [5.74, 6) is -0.575. The molecule has 1 unspecified atom stereocenters. The number of benzene rings is 1. The number of imide groups is 1. The fourth-order valence-corrected chi connectivity index (χ4v) is 2.39. The van der Waals surface area contributed by atoms with Crippen molar-refractivity contribution in [1.82, 2.24) is 10.6 Å². The van der Waals surface area contributed by atoms with Gasteiger partial charge >= 0.3 is 6.03 Å². The SMILES string of the molecule is CCCNC(=O)NC(=O)C[NH+](Cc1ccccc1F)C1CC1. The van der Waals surface area contributed by atoms with Gasteiger partial charge in [0.05, 0.1) is 6.04 Å². The lowest BCUT2D eigenvalue weighted by Crippen LogP contribution is -3.13. The zero-order valence-corrected chi connectivity index (χ0v) is 12.8. The number of hydrogen-bond acceptors (Lipinski definition) is 2. The molecular formula is C16H23FN3O2+. The maximum atomic E-state index is 13.7. The van der Waals surface area contributed by atoms with E-state index in [-0.39, 0.29) is 18.3 Å². The molecule has 1 aliphatic carbocycles. The van der Waals surface area contributed by atoms with Crippen LogP contribution in [-0.4, -0.2) is 31.1 Å². The molecule has 0 bridgehead atoms. The minimum absolute atomic E-state index is 0.179. The van der Waals surface area contributed by atoms with Crippen LogP contribution >= 0.6 is 0 Å². The van der Waals surface area contributed by atoms with E-state index in [0.717, 1.165) is 24.2 Å². The van der Waals surface area contributed by atoms with E-state index in [9.17, 15) is 14.0 Å². The molecule has 6 heteroatoms. The van der Waals surface area contributed by atoms with Crippen LogP contribution in [0, 0.1) is 5.82 Å². The molecular weight excluding hydrogens is 285 g/mol. The van der Waals surface area contributed by atoms with Gasteiger partial charge in [-0.2, -0.15) is 0 Å². The molecule has 0 aliphatic heterocycles. The summed E-state index contributed by atoms with van der Waals surface area (Å²) >= 11 is 0. The van der Waals surface area contributed by atoms with Crippen LogP contribution in [0.1, 0.15) is 31.7 Å². The summed E-state index contributed by atoms with van der Waals surface area (Å²) in [5, 5.41) is 4.92. The van der Waals surface area contributed by atoms with E-state index in [4.69, 9.17) is 0 Å². The van der Waals surface area contributed by atoms with Crippen molar-refractivity contribution in [2.75, 3.05) is 13.1 Å². The van der Waals surface area contributed by atoms with Crippen LogP contribution in [0.2, 0.25) is 0 Å². The summed E-state index contributed by atoms with van der Waals surface area (Å²) in [6, 6.07) is 6.53. The summed E-state index contributed by atoms with van der Waals surface area (Å²) in [6.07, 6.45) is 2.90. The molecule has 3 amide bonds.